The van der Waals surface area contributed by atoms with Crippen LogP contribution in [0.2, 0.25) is 0 Å². The molecule has 1 amide bonds. The van der Waals surface area contributed by atoms with Crippen molar-refractivity contribution < 1.29 is 23.6 Å². The van der Waals surface area contributed by atoms with Gasteiger partial charge in [0.25, 0.3) is 11.6 Å². The number of rotatable bonds is 7. The molecule has 0 fully saturated rings. The number of hydrogen-bond donors (Lipinski definition) is 2. The van der Waals surface area contributed by atoms with Gasteiger partial charge in [-0.05, 0) is 30.3 Å². The average Bonchev–Trinajstić information content (AvgIpc) is 3.41. The second-order valence-electron chi connectivity index (χ2n) is 6.19. The van der Waals surface area contributed by atoms with Crippen LogP contribution in [-0.2, 0) is 4.79 Å². The zero-order chi connectivity index (χ0) is 20.9. The summed E-state index contributed by atoms with van der Waals surface area (Å²) < 4.78 is 16.1. The van der Waals surface area contributed by atoms with Gasteiger partial charge in [0.15, 0.2) is 11.5 Å². The van der Waals surface area contributed by atoms with E-state index in [1.807, 2.05) is 0 Å². The van der Waals surface area contributed by atoms with Crippen molar-refractivity contribution in [2.75, 3.05) is 18.7 Å². The third kappa shape index (κ3) is 4.22. The number of nitrogens with one attached hydrogen (secondary N) is 2. The third-order valence-corrected chi connectivity index (χ3v) is 4.20. The predicted molar refractivity (Wildman–Crippen MR) is 108 cm³/mol. The van der Waals surface area contributed by atoms with Crippen LogP contribution in [0, 0.1) is 10.1 Å². The number of hydrogen-bond acceptors (Lipinski definition) is 8. The summed E-state index contributed by atoms with van der Waals surface area (Å²) >= 11 is 0. The summed E-state index contributed by atoms with van der Waals surface area (Å²) in [4.78, 5) is 22.6. The number of amides is 1. The van der Waals surface area contributed by atoms with Gasteiger partial charge >= 0.3 is 0 Å². The van der Waals surface area contributed by atoms with E-state index >= 15 is 0 Å². The first-order valence-electron chi connectivity index (χ1n) is 8.89. The molecule has 0 atom stereocenters. The van der Waals surface area contributed by atoms with Gasteiger partial charge in [-0.15, -0.1) is 0 Å². The Morgan fingerprint density at radius 3 is 2.83 bits per heavy atom. The van der Waals surface area contributed by atoms with Crippen LogP contribution >= 0.6 is 0 Å². The molecule has 1 aromatic heterocycles. The lowest BCUT2D eigenvalue weighted by Gasteiger charge is -2.06. The predicted octanol–water partition coefficient (Wildman–Crippen LogP) is 3.15. The van der Waals surface area contributed by atoms with Crippen LogP contribution in [0.25, 0.3) is 11.3 Å². The number of ether oxygens (including phenoxy) is 2. The first kappa shape index (κ1) is 19.0. The van der Waals surface area contributed by atoms with E-state index in [9.17, 15) is 14.9 Å². The maximum Gasteiger partial charge on any atom is 0.280 e. The smallest absolute Gasteiger partial charge is 0.280 e. The Morgan fingerprint density at radius 1 is 1.13 bits per heavy atom. The number of para-hydroxylation sites is 1. The first-order chi connectivity index (χ1) is 14.6. The van der Waals surface area contributed by atoms with Gasteiger partial charge in [-0.25, -0.2) is 5.43 Å². The summed E-state index contributed by atoms with van der Waals surface area (Å²) in [5.74, 6) is 1.58. The highest BCUT2D eigenvalue weighted by molar-refractivity contribution is 5.83. The zero-order valence-corrected chi connectivity index (χ0v) is 15.5. The van der Waals surface area contributed by atoms with Crippen molar-refractivity contribution in [1.82, 2.24) is 5.43 Å². The van der Waals surface area contributed by atoms with Crippen molar-refractivity contribution in [3.05, 3.63) is 70.5 Å². The second kappa shape index (κ2) is 8.35. The standard InChI is InChI=1S/C20H16N4O6/c25-20(11-21-13-5-7-18-19(9-13)29-12-28-18)23-22-10-14-6-8-17(30-14)15-3-1-2-4-16(15)24(26)27/h1-10,21H,11-12H2,(H,23,25)/b22-10-. The largest absolute Gasteiger partial charge is 0.455 e. The Bertz CT molecular complexity index is 1120. The monoisotopic (exact) mass is 408 g/mol. The van der Waals surface area contributed by atoms with Crippen LogP contribution in [0.4, 0.5) is 11.4 Å². The highest BCUT2D eigenvalue weighted by Gasteiger charge is 2.17. The van der Waals surface area contributed by atoms with Gasteiger partial charge in [-0.2, -0.15) is 5.10 Å². The van der Waals surface area contributed by atoms with E-state index < -0.39 is 4.92 Å². The minimum atomic E-state index is -0.473. The third-order valence-electron chi connectivity index (χ3n) is 4.20. The highest BCUT2D eigenvalue weighted by Crippen LogP contribution is 2.34. The number of carbonyl (C=O) groups is 1. The summed E-state index contributed by atoms with van der Waals surface area (Å²) in [5.41, 5.74) is 3.39. The van der Waals surface area contributed by atoms with Crippen LogP contribution in [0.15, 0.2) is 64.1 Å². The van der Waals surface area contributed by atoms with Gasteiger partial charge in [0.1, 0.15) is 11.5 Å². The van der Waals surface area contributed by atoms with Crippen LogP contribution < -0.4 is 20.2 Å². The van der Waals surface area contributed by atoms with E-state index in [4.69, 9.17) is 13.9 Å². The molecule has 4 rings (SSSR count). The molecule has 0 unspecified atom stereocenters. The first-order valence-corrected chi connectivity index (χ1v) is 8.89. The fraction of sp³-hybridized carbons (Fsp3) is 0.100. The summed E-state index contributed by atoms with van der Waals surface area (Å²) in [6.07, 6.45) is 1.32. The Labute approximate surface area is 170 Å². The van der Waals surface area contributed by atoms with E-state index in [1.165, 1.54) is 12.3 Å². The lowest BCUT2D eigenvalue weighted by atomic mass is 10.1. The molecule has 10 nitrogen and oxygen atoms in total. The van der Waals surface area contributed by atoms with Gasteiger partial charge in [0.2, 0.25) is 6.79 Å². The summed E-state index contributed by atoms with van der Waals surface area (Å²) in [6, 6.07) is 14.8. The van der Waals surface area contributed by atoms with Gasteiger partial charge in [0, 0.05) is 17.8 Å². The van der Waals surface area contributed by atoms with E-state index in [2.05, 4.69) is 15.8 Å². The van der Waals surface area contributed by atoms with Crippen LogP contribution in [0.5, 0.6) is 11.5 Å². The molecule has 3 aromatic rings. The number of nitrogens with zero attached hydrogens (tertiary/aromatic N) is 2. The molecule has 0 aliphatic carbocycles. The minimum absolute atomic E-state index is 0.00337. The Kier molecular flexibility index (Phi) is 5.29. The van der Waals surface area contributed by atoms with Crippen molar-refractivity contribution in [1.29, 1.82) is 0 Å². The maximum absolute atomic E-state index is 11.9. The number of hydrazone groups is 1. The molecule has 2 heterocycles. The Morgan fingerprint density at radius 2 is 1.97 bits per heavy atom. The van der Waals surface area contributed by atoms with Crippen molar-refractivity contribution in [2.24, 2.45) is 5.10 Å². The number of nitro groups is 1. The summed E-state index contributed by atoms with van der Waals surface area (Å²) in [7, 11) is 0. The number of benzene rings is 2. The molecule has 10 heteroatoms. The fourth-order valence-electron chi connectivity index (χ4n) is 2.80. The normalized spacial score (nSPS) is 12.1. The molecular formula is C20H16N4O6. The lowest BCUT2D eigenvalue weighted by Crippen LogP contribution is -2.25. The molecule has 0 radical (unpaired) electrons. The number of furan rings is 1. The topological polar surface area (TPSA) is 128 Å². The van der Waals surface area contributed by atoms with Crippen molar-refractivity contribution in [3.63, 3.8) is 0 Å². The average molecular weight is 408 g/mol. The number of carbonyl (C=O) groups excluding carboxylic acids is 1. The van der Waals surface area contributed by atoms with E-state index in [0.29, 0.717) is 34.3 Å². The number of fused-ring (bicyclic) bond motifs is 1. The molecule has 0 saturated carbocycles. The van der Waals surface area contributed by atoms with E-state index in [-0.39, 0.29) is 24.9 Å². The highest BCUT2D eigenvalue weighted by atomic mass is 16.7. The minimum Gasteiger partial charge on any atom is -0.455 e. The van der Waals surface area contributed by atoms with Crippen molar-refractivity contribution in [2.45, 2.75) is 0 Å². The van der Waals surface area contributed by atoms with E-state index in [1.54, 1.807) is 48.5 Å². The Balaban J connectivity index is 1.32. The SMILES string of the molecule is O=C(CNc1ccc2c(c1)OCO2)N/N=C\c1ccc(-c2ccccc2[N+](=O)[O-])o1. The molecule has 0 spiro atoms. The molecule has 2 N–H and O–H groups in total. The van der Waals surface area contributed by atoms with Crippen molar-refractivity contribution in [3.8, 4) is 22.8 Å². The van der Waals surface area contributed by atoms with Crippen LogP contribution in [-0.4, -0.2) is 30.4 Å². The molecule has 152 valence electrons. The molecule has 30 heavy (non-hydrogen) atoms. The fourth-order valence-corrected chi connectivity index (χ4v) is 2.80. The second-order valence-corrected chi connectivity index (χ2v) is 6.19. The zero-order valence-electron chi connectivity index (χ0n) is 15.5. The van der Waals surface area contributed by atoms with Gasteiger partial charge in [0.05, 0.1) is 23.2 Å². The number of nitro benzene ring substituents is 1. The van der Waals surface area contributed by atoms with Crippen LogP contribution in [0.3, 0.4) is 0 Å². The maximum atomic E-state index is 11.9. The van der Waals surface area contributed by atoms with Crippen LogP contribution in [0.1, 0.15) is 5.76 Å². The molecular weight excluding hydrogens is 392 g/mol. The molecule has 2 aromatic carbocycles. The summed E-state index contributed by atoms with van der Waals surface area (Å²) in [6.45, 7) is 0.177. The van der Waals surface area contributed by atoms with Gasteiger partial charge < -0.3 is 19.2 Å². The van der Waals surface area contributed by atoms with E-state index in [0.717, 1.165) is 0 Å². The molecule has 0 saturated heterocycles. The van der Waals surface area contributed by atoms with Gasteiger partial charge in [-0.3, -0.25) is 14.9 Å². The Hall–Kier alpha value is -4.34. The summed E-state index contributed by atoms with van der Waals surface area (Å²) in [5, 5.41) is 17.9. The number of anilines is 1. The van der Waals surface area contributed by atoms with Gasteiger partial charge in [-0.1, -0.05) is 12.1 Å². The quantitative estimate of drug-likeness (QED) is 0.349. The molecule has 1 aliphatic heterocycles. The van der Waals surface area contributed by atoms with Crippen molar-refractivity contribution >= 4 is 23.5 Å². The molecule has 1 aliphatic rings. The lowest BCUT2D eigenvalue weighted by molar-refractivity contribution is -0.384. The molecule has 0 bridgehead atoms.